The van der Waals surface area contributed by atoms with E-state index in [1.54, 1.807) is 0 Å². The van der Waals surface area contributed by atoms with Crippen LogP contribution in [0.2, 0.25) is 0 Å². The van der Waals surface area contributed by atoms with Gasteiger partial charge in [-0.15, -0.1) is 0 Å². The first-order valence-corrected chi connectivity index (χ1v) is 20.2. The number of hydrogen-bond acceptors (Lipinski definition) is 15. The lowest BCUT2D eigenvalue weighted by atomic mass is 9.98. The van der Waals surface area contributed by atoms with Gasteiger partial charge in [0, 0.05) is 30.8 Å². The maximum absolute atomic E-state index is 6.40. The molecule has 0 amide bonds. The quantitative estimate of drug-likeness (QED) is 0.0661. The van der Waals surface area contributed by atoms with Gasteiger partial charge in [-0.05, 0) is 66.7 Å². The van der Waals surface area contributed by atoms with E-state index in [0.29, 0.717) is 106 Å². The Hall–Kier alpha value is -0.600. The number of nitrogens with two attached hydrogens (primary N) is 4. The van der Waals surface area contributed by atoms with E-state index in [1.807, 2.05) is 48.5 Å². The van der Waals surface area contributed by atoms with Crippen LogP contribution in [0.4, 0.5) is 0 Å². The summed E-state index contributed by atoms with van der Waals surface area (Å²) in [6.07, 6.45) is -0.153. The van der Waals surface area contributed by atoms with Crippen LogP contribution < -0.4 is 22.9 Å². The summed E-state index contributed by atoms with van der Waals surface area (Å²) < 4.78 is 65.7. The molecular weight excluding hydrogens is 700 g/mol. The zero-order chi connectivity index (χ0) is 40.7. The SMILES string of the molecule is CCCOCC(COCC(C)OCC(C)N)OCC(C)C(C)COC(COCC(C)OCC(C)N)COCC(COCC(C)OCC(C)N)OCC(C)N. The van der Waals surface area contributed by atoms with Crippen molar-refractivity contribution in [2.45, 2.75) is 136 Å². The van der Waals surface area contributed by atoms with Gasteiger partial charge in [-0.2, -0.15) is 0 Å². The molecule has 0 aromatic rings. The molecule has 0 aromatic heterocycles. The molecule has 15 heteroatoms. The Morgan fingerprint density at radius 2 is 0.574 bits per heavy atom. The monoisotopic (exact) mass is 785 g/mol. The molecule has 0 bridgehead atoms. The Labute approximate surface area is 328 Å². The van der Waals surface area contributed by atoms with E-state index in [-0.39, 0.29) is 72.6 Å². The molecule has 15 nitrogen and oxygen atoms in total. The third kappa shape index (κ3) is 33.5. The Bertz CT molecular complexity index is 819. The maximum Gasteiger partial charge on any atom is 0.104 e. The van der Waals surface area contributed by atoms with Gasteiger partial charge in [0.05, 0.1) is 117 Å². The van der Waals surface area contributed by atoms with Crippen LogP contribution >= 0.6 is 0 Å². The second-order valence-corrected chi connectivity index (χ2v) is 15.4. The summed E-state index contributed by atoms with van der Waals surface area (Å²) in [6, 6.07) is -0.219. The van der Waals surface area contributed by atoms with Crippen molar-refractivity contribution in [2.75, 3.05) is 106 Å². The first-order chi connectivity index (χ1) is 25.6. The average Bonchev–Trinajstić information content (AvgIpc) is 3.11. The lowest BCUT2D eigenvalue weighted by Crippen LogP contribution is -2.36. The summed E-state index contributed by atoms with van der Waals surface area (Å²) in [7, 11) is 0. The van der Waals surface area contributed by atoms with Crippen molar-refractivity contribution in [1.82, 2.24) is 0 Å². The van der Waals surface area contributed by atoms with E-state index in [0.717, 1.165) is 6.42 Å². The fraction of sp³-hybridized carbons (Fsp3) is 1.00. The molecule has 12 unspecified atom stereocenters. The van der Waals surface area contributed by atoms with Crippen molar-refractivity contribution >= 4 is 0 Å². The lowest BCUT2D eigenvalue weighted by Gasteiger charge is -2.27. The minimum absolute atomic E-state index is 0.0172. The van der Waals surface area contributed by atoms with Crippen LogP contribution in [0.25, 0.3) is 0 Å². The third-order valence-corrected chi connectivity index (χ3v) is 7.92. The van der Waals surface area contributed by atoms with Gasteiger partial charge in [-0.3, -0.25) is 0 Å². The summed E-state index contributed by atoms with van der Waals surface area (Å²) in [5, 5.41) is 0. The van der Waals surface area contributed by atoms with E-state index in [1.165, 1.54) is 0 Å². The van der Waals surface area contributed by atoms with E-state index >= 15 is 0 Å². The van der Waals surface area contributed by atoms with Crippen molar-refractivity contribution in [3.63, 3.8) is 0 Å². The average molecular weight is 785 g/mol. The molecule has 0 spiro atoms. The fourth-order valence-corrected chi connectivity index (χ4v) is 4.50. The highest BCUT2D eigenvalue weighted by atomic mass is 16.6. The normalized spacial score (nSPS) is 19.0. The van der Waals surface area contributed by atoms with Crippen LogP contribution in [-0.4, -0.2) is 167 Å². The van der Waals surface area contributed by atoms with Gasteiger partial charge < -0.3 is 75.0 Å². The lowest BCUT2D eigenvalue weighted by molar-refractivity contribution is -0.115. The highest BCUT2D eigenvalue weighted by Gasteiger charge is 2.21. The van der Waals surface area contributed by atoms with Crippen LogP contribution in [0.15, 0.2) is 0 Å². The number of rotatable bonds is 39. The highest BCUT2D eigenvalue weighted by molar-refractivity contribution is 4.68. The summed E-state index contributed by atoms with van der Waals surface area (Å²) in [6.45, 7) is 26.8. The Kier molecular flexibility index (Phi) is 34.1. The van der Waals surface area contributed by atoms with Gasteiger partial charge in [-0.25, -0.2) is 0 Å². The van der Waals surface area contributed by atoms with Crippen molar-refractivity contribution in [3.05, 3.63) is 0 Å². The minimum Gasteiger partial charge on any atom is -0.379 e. The smallest absolute Gasteiger partial charge is 0.104 e. The zero-order valence-electron chi connectivity index (χ0n) is 35.7. The Morgan fingerprint density at radius 3 is 0.870 bits per heavy atom. The van der Waals surface area contributed by atoms with Crippen molar-refractivity contribution in [2.24, 2.45) is 34.8 Å². The maximum atomic E-state index is 6.40. The molecule has 0 aromatic carbocycles. The van der Waals surface area contributed by atoms with Crippen molar-refractivity contribution in [3.8, 4) is 0 Å². The van der Waals surface area contributed by atoms with Crippen molar-refractivity contribution in [1.29, 1.82) is 0 Å². The summed E-state index contributed by atoms with van der Waals surface area (Å²) in [5.41, 5.74) is 23.4. The second-order valence-electron chi connectivity index (χ2n) is 15.4. The molecule has 0 heterocycles. The van der Waals surface area contributed by atoms with Crippen LogP contribution in [-0.2, 0) is 52.1 Å². The van der Waals surface area contributed by atoms with Crippen LogP contribution in [0, 0.1) is 11.8 Å². The number of ether oxygens (including phenoxy) is 11. The Morgan fingerprint density at radius 1 is 0.315 bits per heavy atom. The van der Waals surface area contributed by atoms with Crippen LogP contribution in [0.5, 0.6) is 0 Å². The molecular formula is C39H84N4O11. The third-order valence-electron chi connectivity index (χ3n) is 7.92. The Balaban J connectivity index is 5.18. The molecule has 54 heavy (non-hydrogen) atoms. The highest BCUT2D eigenvalue weighted by Crippen LogP contribution is 2.15. The van der Waals surface area contributed by atoms with E-state index in [9.17, 15) is 0 Å². The topological polar surface area (TPSA) is 206 Å². The standard InChI is InChI=1S/C39H84N4O11/c1-11-12-44-22-37(23-45-19-34(8)49-15-30(4)40)52-13-28(2)29(3)14-53-38(24-46-20-35(9)50-16-31(5)41)26-48-27-39(54-18-33(7)43)25-47-21-36(10)51-17-32(6)42/h28-39H,11-27,40-43H2,1-10H3. The largest absolute Gasteiger partial charge is 0.379 e. The van der Waals surface area contributed by atoms with Gasteiger partial charge in [0.1, 0.15) is 18.3 Å². The van der Waals surface area contributed by atoms with E-state index < -0.39 is 0 Å². The zero-order valence-corrected chi connectivity index (χ0v) is 35.7. The predicted molar refractivity (Wildman–Crippen MR) is 213 cm³/mol. The molecule has 0 aliphatic carbocycles. The van der Waals surface area contributed by atoms with Crippen LogP contribution in [0.3, 0.4) is 0 Å². The van der Waals surface area contributed by atoms with Crippen LogP contribution in [0.1, 0.15) is 75.7 Å². The summed E-state index contributed by atoms with van der Waals surface area (Å²) in [4.78, 5) is 0. The van der Waals surface area contributed by atoms with Gasteiger partial charge in [-0.1, -0.05) is 20.8 Å². The predicted octanol–water partition coefficient (Wildman–Crippen LogP) is 2.51. The first-order valence-electron chi connectivity index (χ1n) is 20.2. The fourth-order valence-electron chi connectivity index (χ4n) is 4.50. The molecule has 12 atom stereocenters. The molecule has 0 saturated heterocycles. The van der Waals surface area contributed by atoms with Gasteiger partial charge in [0.15, 0.2) is 0 Å². The minimum atomic E-state index is -0.321. The van der Waals surface area contributed by atoms with Gasteiger partial charge >= 0.3 is 0 Å². The molecule has 0 aliphatic rings. The molecule has 8 N–H and O–H groups in total. The van der Waals surface area contributed by atoms with Crippen molar-refractivity contribution < 1.29 is 52.1 Å². The molecule has 0 aliphatic heterocycles. The number of hydrogen-bond donors (Lipinski definition) is 4. The van der Waals surface area contributed by atoms with Gasteiger partial charge in [0.2, 0.25) is 0 Å². The molecule has 0 fully saturated rings. The molecule has 326 valence electrons. The summed E-state index contributed by atoms with van der Waals surface area (Å²) >= 11 is 0. The molecule has 0 saturated carbocycles. The second kappa shape index (κ2) is 34.4. The van der Waals surface area contributed by atoms with E-state index in [2.05, 4.69) is 20.8 Å². The summed E-state index contributed by atoms with van der Waals surface area (Å²) in [5.74, 6) is 0.390. The van der Waals surface area contributed by atoms with Gasteiger partial charge in [0.25, 0.3) is 0 Å². The van der Waals surface area contributed by atoms with E-state index in [4.69, 9.17) is 75.0 Å². The molecule has 0 rings (SSSR count). The molecule has 0 radical (unpaired) electrons. The first kappa shape index (κ1) is 53.4.